The fourth-order valence-corrected chi connectivity index (χ4v) is 3.90. The van der Waals surface area contributed by atoms with Gasteiger partial charge in [0.15, 0.2) is 0 Å². The molecule has 0 spiro atoms. The molecule has 1 aromatic heterocycles. The van der Waals surface area contributed by atoms with Crippen molar-refractivity contribution in [2.45, 2.75) is 39.0 Å². The van der Waals surface area contributed by atoms with E-state index in [-0.39, 0.29) is 5.91 Å². The molecule has 7 heteroatoms. The van der Waals surface area contributed by atoms with Gasteiger partial charge in [-0.2, -0.15) is 0 Å². The molecule has 0 unspecified atom stereocenters. The molecule has 1 fully saturated rings. The van der Waals surface area contributed by atoms with Gasteiger partial charge < -0.3 is 15.2 Å². The summed E-state index contributed by atoms with van der Waals surface area (Å²) < 4.78 is 4.74. The number of hydrogen-bond donors (Lipinski definition) is 2. The lowest BCUT2D eigenvalue weighted by atomic mass is 9.79. The number of esters is 1. The van der Waals surface area contributed by atoms with Crippen molar-refractivity contribution in [1.82, 2.24) is 0 Å². The summed E-state index contributed by atoms with van der Waals surface area (Å²) in [6.07, 6.45) is 3.49. The van der Waals surface area contributed by atoms with Crippen molar-refractivity contribution in [3.8, 4) is 0 Å². The van der Waals surface area contributed by atoms with Crippen LogP contribution in [0.2, 0.25) is 0 Å². The van der Waals surface area contributed by atoms with Crippen LogP contribution >= 0.6 is 11.3 Å². The number of carbonyl (C=O) groups excluding carboxylic acids is 2. The SMILES string of the molecule is CCc1cc(C(=O)OC)c(NC(=O)[C@@H]2CCCC[C@@H]2C(=O)O)s1. The van der Waals surface area contributed by atoms with Crippen LogP contribution in [-0.2, 0) is 20.7 Å². The quantitative estimate of drug-likeness (QED) is 0.805. The summed E-state index contributed by atoms with van der Waals surface area (Å²) in [5.41, 5.74) is 0.324. The van der Waals surface area contributed by atoms with Crippen molar-refractivity contribution < 1.29 is 24.2 Å². The van der Waals surface area contributed by atoms with E-state index in [4.69, 9.17) is 4.74 Å². The Morgan fingerprint density at radius 3 is 2.52 bits per heavy atom. The van der Waals surface area contributed by atoms with Crippen LogP contribution in [0.25, 0.3) is 0 Å². The highest BCUT2D eigenvalue weighted by Gasteiger charge is 2.36. The van der Waals surface area contributed by atoms with Gasteiger partial charge in [-0.15, -0.1) is 11.3 Å². The molecule has 0 aromatic carbocycles. The largest absolute Gasteiger partial charge is 0.481 e. The first kappa shape index (κ1) is 17.5. The van der Waals surface area contributed by atoms with Crippen LogP contribution in [-0.4, -0.2) is 30.1 Å². The summed E-state index contributed by atoms with van der Waals surface area (Å²) in [5, 5.41) is 12.5. The molecule has 1 amide bonds. The van der Waals surface area contributed by atoms with Gasteiger partial charge in [-0.3, -0.25) is 9.59 Å². The highest BCUT2D eigenvalue weighted by atomic mass is 32.1. The number of methoxy groups -OCH3 is 1. The fraction of sp³-hybridized carbons (Fsp3) is 0.562. The highest BCUT2D eigenvalue weighted by molar-refractivity contribution is 7.16. The minimum absolute atomic E-state index is 0.324. The Balaban J connectivity index is 2.20. The smallest absolute Gasteiger partial charge is 0.340 e. The number of anilines is 1. The van der Waals surface area contributed by atoms with E-state index in [9.17, 15) is 19.5 Å². The number of aryl methyl sites for hydroxylation is 1. The fourth-order valence-electron chi connectivity index (χ4n) is 2.92. The van der Waals surface area contributed by atoms with E-state index in [1.807, 2.05) is 6.92 Å². The Hall–Kier alpha value is -1.89. The number of nitrogens with one attached hydrogen (secondary N) is 1. The third-order valence-corrected chi connectivity index (χ3v) is 5.39. The van der Waals surface area contributed by atoms with Crippen LogP contribution in [0.4, 0.5) is 5.00 Å². The van der Waals surface area contributed by atoms with Crippen molar-refractivity contribution in [3.05, 3.63) is 16.5 Å². The van der Waals surface area contributed by atoms with E-state index in [0.717, 1.165) is 24.1 Å². The second-order valence-electron chi connectivity index (χ2n) is 5.63. The Kier molecular flexibility index (Phi) is 5.76. The van der Waals surface area contributed by atoms with Crippen LogP contribution in [0.1, 0.15) is 47.8 Å². The number of rotatable bonds is 5. The second-order valence-corrected chi connectivity index (χ2v) is 6.76. The average molecular weight is 339 g/mol. The van der Waals surface area contributed by atoms with Gasteiger partial charge in [-0.1, -0.05) is 19.8 Å². The first-order valence-electron chi connectivity index (χ1n) is 7.72. The molecule has 1 aliphatic carbocycles. The number of carbonyl (C=O) groups is 3. The molecule has 1 saturated carbocycles. The average Bonchev–Trinajstić information content (AvgIpc) is 2.97. The van der Waals surface area contributed by atoms with E-state index >= 15 is 0 Å². The molecule has 2 atom stereocenters. The maximum Gasteiger partial charge on any atom is 0.340 e. The monoisotopic (exact) mass is 339 g/mol. The van der Waals surface area contributed by atoms with Gasteiger partial charge in [-0.05, 0) is 25.3 Å². The molecule has 0 aliphatic heterocycles. The van der Waals surface area contributed by atoms with Gasteiger partial charge in [0.25, 0.3) is 0 Å². The number of carboxylic acids is 1. The minimum Gasteiger partial charge on any atom is -0.481 e. The maximum atomic E-state index is 12.5. The first-order chi connectivity index (χ1) is 11.0. The molecule has 2 N–H and O–H groups in total. The summed E-state index contributed by atoms with van der Waals surface area (Å²) in [5.74, 6) is -2.98. The lowest BCUT2D eigenvalue weighted by molar-refractivity contribution is -0.147. The summed E-state index contributed by atoms with van der Waals surface area (Å²) in [6.45, 7) is 1.96. The molecule has 1 aliphatic rings. The molecule has 0 bridgehead atoms. The molecule has 23 heavy (non-hydrogen) atoms. The molecule has 0 radical (unpaired) electrons. The number of amides is 1. The first-order valence-corrected chi connectivity index (χ1v) is 8.54. The van der Waals surface area contributed by atoms with E-state index < -0.39 is 23.8 Å². The maximum absolute atomic E-state index is 12.5. The van der Waals surface area contributed by atoms with Gasteiger partial charge in [0.05, 0.1) is 24.5 Å². The van der Waals surface area contributed by atoms with Crippen molar-refractivity contribution in [3.63, 3.8) is 0 Å². The molecule has 1 heterocycles. The van der Waals surface area contributed by atoms with Gasteiger partial charge >= 0.3 is 11.9 Å². The predicted octanol–water partition coefficient (Wildman–Crippen LogP) is 2.93. The zero-order valence-corrected chi connectivity index (χ0v) is 14.1. The van der Waals surface area contributed by atoms with Crippen molar-refractivity contribution >= 4 is 34.2 Å². The normalized spacial score (nSPS) is 20.8. The highest BCUT2D eigenvalue weighted by Crippen LogP contribution is 2.34. The van der Waals surface area contributed by atoms with Crippen molar-refractivity contribution in [2.75, 3.05) is 12.4 Å². The summed E-state index contributed by atoms with van der Waals surface area (Å²) in [4.78, 5) is 36.7. The predicted molar refractivity (Wildman–Crippen MR) is 86.8 cm³/mol. The number of hydrogen-bond acceptors (Lipinski definition) is 5. The van der Waals surface area contributed by atoms with Gasteiger partial charge in [0.1, 0.15) is 5.00 Å². The topological polar surface area (TPSA) is 92.7 Å². The third kappa shape index (κ3) is 3.90. The van der Waals surface area contributed by atoms with E-state index in [1.165, 1.54) is 18.4 Å². The van der Waals surface area contributed by atoms with Gasteiger partial charge in [0, 0.05) is 4.88 Å². The Morgan fingerprint density at radius 1 is 1.30 bits per heavy atom. The van der Waals surface area contributed by atoms with Gasteiger partial charge in [-0.25, -0.2) is 4.79 Å². The Bertz CT molecular complexity index is 610. The standard InChI is InChI=1S/C16H21NO5S/c1-3-9-8-12(16(21)22-2)14(23-9)17-13(18)10-6-4-5-7-11(10)15(19)20/h8,10-11H,3-7H2,1-2H3,(H,17,18)(H,19,20)/t10-,11+/m1/s1. The van der Waals surface area contributed by atoms with E-state index in [2.05, 4.69) is 5.32 Å². The minimum atomic E-state index is -0.932. The number of aliphatic carboxylic acids is 1. The third-order valence-electron chi connectivity index (χ3n) is 4.19. The van der Waals surface area contributed by atoms with Crippen LogP contribution in [0, 0.1) is 11.8 Å². The molecule has 6 nitrogen and oxygen atoms in total. The second kappa shape index (κ2) is 7.59. The molecular formula is C16H21NO5S. The zero-order valence-electron chi connectivity index (χ0n) is 13.3. The van der Waals surface area contributed by atoms with Crippen LogP contribution < -0.4 is 5.32 Å². The number of carboxylic acid groups (broad SMARTS) is 1. The Morgan fingerprint density at radius 2 is 1.96 bits per heavy atom. The van der Waals surface area contributed by atoms with Crippen LogP contribution in [0.3, 0.4) is 0 Å². The summed E-state index contributed by atoms with van der Waals surface area (Å²) >= 11 is 1.32. The lowest BCUT2D eigenvalue weighted by Gasteiger charge is -2.27. The number of ether oxygens (including phenoxy) is 1. The van der Waals surface area contributed by atoms with Crippen molar-refractivity contribution in [1.29, 1.82) is 0 Å². The zero-order chi connectivity index (χ0) is 17.0. The lowest BCUT2D eigenvalue weighted by Crippen LogP contribution is -2.36. The molecule has 1 aromatic rings. The molecule has 126 valence electrons. The van der Waals surface area contributed by atoms with Gasteiger partial charge in [0.2, 0.25) is 5.91 Å². The molecule has 2 rings (SSSR count). The van der Waals surface area contributed by atoms with E-state index in [1.54, 1.807) is 6.07 Å². The number of thiophene rings is 1. The molecule has 0 saturated heterocycles. The Labute approximate surface area is 138 Å². The van der Waals surface area contributed by atoms with Crippen LogP contribution in [0.15, 0.2) is 6.07 Å². The summed E-state index contributed by atoms with van der Waals surface area (Å²) in [6, 6.07) is 1.71. The van der Waals surface area contributed by atoms with E-state index in [0.29, 0.717) is 23.4 Å². The molecular weight excluding hydrogens is 318 g/mol. The van der Waals surface area contributed by atoms with Crippen molar-refractivity contribution in [2.24, 2.45) is 11.8 Å². The summed E-state index contributed by atoms with van der Waals surface area (Å²) in [7, 11) is 1.29. The van der Waals surface area contributed by atoms with Crippen LogP contribution in [0.5, 0.6) is 0 Å².